The first-order chi connectivity index (χ1) is 9.25. The minimum absolute atomic E-state index is 0.271. The molecule has 2 aromatic rings. The van der Waals surface area contributed by atoms with Gasteiger partial charge in [0.2, 0.25) is 0 Å². The van der Waals surface area contributed by atoms with Gasteiger partial charge in [-0.1, -0.05) is 6.07 Å². The topological polar surface area (TPSA) is 42.7 Å². The van der Waals surface area contributed by atoms with Gasteiger partial charge in [-0.15, -0.1) is 10.2 Å². The maximum absolute atomic E-state index is 13.7. The maximum Gasteiger partial charge on any atom is 0.152 e. The van der Waals surface area contributed by atoms with Crippen LogP contribution in [0.3, 0.4) is 0 Å². The first kappa shape index (κ1) is 12.6. The SMILES string of the molecule is Fc1cccc(Br)c1NCc1nnc2n1CCCC2. The number of benzene rings is 1. The normalized spacial score (nSPS) is 14.2. The molecule has 0 unspecified atom stereocenters. The molecule has 100 valence electrons. The highest BCUT2D eigenvalue weighted by molar-refractivity contribution is 9.10. The lowest BCUT2D eigenvalue weighted by molar-refractivity contribution is 0.509. The van der Waals surface area contributed by atoms with Crippen molar-refractivity contribution in [2.45, 2.75) is 32.4 Å². The quantitative estimate of drug-likeness (QED) is 0.943. The number of halogens is 2. The Hall–Kier alpha value is -1.43. The van der Waals surface area contributed by atoms with Crippen LogP contribution in [-0.4, -0.2) is 14.8 Å². The van der Waals surface area contributed by atoms with E-state index in [9.17, 15) is 4.39 Å². The molecule has 1 aromatic heterocycles. The molecule has 4 nitrogen and oxygen atoms in total. The number of aryl methyl sites for hydroxylation is 1. The zero-order valence-electron chi connectivity index (χ0n) is 10.4. The summed E-state index contributed by atoms with van der Waals surface area (Å²) >= 11 is 3.34. The number of fused-ring (bicyclic) bond motifs is 1. The molecule has 0 aliphatic carbocycles. The van der Waals surface area contributed by atoms with Gasteiger partial charge in [0.25, 0.3) is 0 Å². The third-order valence-electron chi connectivity index (χ3n) is 3.32. The Bertz CT molecular complexity index is 576. The van der Waals surface area contributed by atoms with Crippen molar-refractivity contribution < 1.29 is 4.39 Å². The smallest absolute Gasteiger partial charge is 0.152 e. The molecule has 0 radical (unpaired) electrons. The highest BCUT2D eigenvalue weighted by atomic mass is 79.9. The lowest BCUT2D eigenvalue weighted by Crippen LogP contribution is -2.15. The molecule has 0 spiro atoms. The molecular formula is C13H14BrFN4. The van der Waals surface area contributed by atoms with E-state index in [-0.39, 0.29) is 5.82 Å². The Balaban J connectivity index is 1.78. The van der Waals surface area contributed by atoms with Gasteiger partial charge in [-0.05, 0) is 40.9 Å². The Morgan fingerprint density at radius 1 is 1.32 bits per heavy atom. The second-order valence-electron chi connectivity index (χ2n) is 4.59. The molecule has 0 amide bonds. The van der Waals surface area contributed by atoms with Gasteiger partial charge in [-0.2, -0.15) is 0 Å². The first-order valence-electron chi connectivity index (χ1n) is 6.34. The summed E-state index contributed by atoms with van der Waals surface area (Å²) in [5.74, 6) is 1.63. The van der Waals surface area contributed by atoms with E-state index in [0.717, 1.165) is 31.0 Å². The minimum atomic E-state index is -0.271. The molecule has 1 aliphatic heterocycles. The van der Waals surface area contributed by atoms with Gasteiger partial charge in [0.05, 0.1) is 12.2 Å². The van der Waals surface area contributed by atoms with Crippen molar-refractivity contribution in [2.24, 2.45) is 0 Å². The highest BCUT2D eigenvalue weighted by Crippen LogP contribution is 2.25. The van der Waals surface area contributed by atoms with Crippen LogP contribution in [0.15, 0.2) is 22.7 Å². The van der Waals surface area contributed by atoms with Gasteiger partial charge in [-0.3, -0.25) is 0 Å². The predicted molar refractivity (Wildman–Crippen MR) is 74.4 cm³/mol. The lowest BCUT2D eigenvalue weighted by Gasteiger charge is -2.15. The molecule has 0 saturated heterocycles. The second-order valence-corrected chi connectivity index (χ2v) is 5.45. The van der Waals surface area contributed by atoms with Crippen molar-refractivity contribution in [1.82, 2.24) is 14.8 Å². The van der Waals surface area contributed by atoms with E-state index < -0.39 is 0 Å². The largest absolute Gasteiger partial charge is 0.374 e. The first-order valence-corrected chi connectivity index (χ1v) is 7.14. The van der Waals surface area contributed by atoms with Crippen molar-refractivity contribution in [3.63, 3.8) is 0 Å². The number of para-hydroxylation sites is 1. The summed E-state index contributed by atoms with van der Waals surface area (Å²) in [4.78, 5) is 0. The fraction of sp³-hybridized carbons (Fsp3) is 0.385. The standard InChI is InChI=1S/C13H14BrFN4/c14-9-4-3-5-10(15)13(9)16-8-12-18-17-11-6-1-2-7-19(11)12/h3-5,16H,1-2,6-8H2. The van der Waals surface area contributed by atoms with Crippen LogP contribution in [0.2, 0.25) is 0 Å². The zero-order valence-corrected chi connectivity index (χ0v) is 12.0. The van der Waals surface area contributed by atoms with Crippen molar-refractivity contribution in [1.29, 1.82) is 0 Å². The molecule has 19 heavy (non-hydrogen) atoms. The van der Waals surface area contributed by atoms with Crippen LogP contribution in [0.25, 0.3) is 0 Å². The molecule has 6 heteroatoms. The van der Waals surface area contributed by atoms with E-state index in [0.29, 0.717) is 16.7 Å². The van der Waals surface area contributed by atoms with Crippen molar-refractivity contribution >= 4 is 21.6 Å². The van der Waals surface area contributed by atoms with Crippen LogP contribution in [0.5, 0.6) is 0 Å². The molecule has 3 rings (SSSR count). The summed E-state index contributed by atoms with van der Waals surface area (Å²) in [6, 6.07) is 4.92. The summed E-state index contributed by atoms with van der Waals surface area (Å²) in [7, 11) is 0. The Kier molecular flexibility index (Phi) is 3.50. The summed E-state index contributed by atoms with van der Waals surface area (Å²) < 4.78 is 16.5. The van der Waals surface area contributed by atoms with Crippen LogP contribution < -0.4 is 5.32 Å². The van der Waals surface area contributed by atoms with E-state index in [1.807, 2.05) is 6.07 Å². The number of hydrogen-bond donors (Lipinski definition) is 1. The number of rotatable bonds is 3. The summed E-state index contributed by atoms with van der Waals surface area (Å²) in [5, 5.41) is 11.5. The van der Waals surface area contributed by atoms with Crippen molar-refractivity contribution in [2.75, 3.05) is 5.32 Å². The fourth-order valence-electron chi connectivity index (χ4n) is 2.33. The molecule has 2 heterocycles. The Labute approximate surface area is 119 Å². The minimum Gasteiger partial charge on any atom is -0.374 e. The molecule has 0 fully saturated rings. The summed E-state index contributed by atoms with van der Waals surface area (Å²) in [5.41, 5.74) is 0.468. The molecule has 0 bridgehead atoms. The summed E-state index contributed by atoms with van der Waals surface area (Å²) in [6.45, 7) is 1.43. The van der Waals surface area contributed by atoms with E-state index in [1.165, 1.54) is 12.5 Å². The van der Waals surface area contributed by atoms with Gasteiger partial charge < -0.3 is 9.88 Å². The fourth-order valence-corrected chi connectivity index (χ4v) is 2.82. The highest BCUT2D eigenvalue weighted by Gasteiger charge is 2.16. The van der Waals surface area contributed by atoms with E-state index in [1.54, 1.807) is 6.07 Å². The summed E-state index contributed by atoms with van der Waals surface area (Å²) in [6.07, 6.45) is 3.31. The third-order valence-corrected chi connectivity index (χ3v) is 3.98. The van der Waals surface area contributed by atoms with Crippen molar-refractivity contribution in [3.05, 3.63) is 40.1 Å². The molecule has 1 aliphatic rings. The van der Waals surface area contributed by atoms with Crippen LogP contribution >= 0.6 is 15.9 Å². The van der Waals surface area contributed by atoms with Crippen LogP contribution in [0.4, 0.5) is 10.1 Å². The monoisotopic (exact) mass is 324 g/mol. The van der Waals surface area contributed by atoms with Crippen LogP contribution in [0.1, 0.15) is 24.5 Å². The lowest BCUT2D eigenvalue weighted by atomic mass is 10.2. The van der Waals surface area contributed by atoms with Gasteiger partial charge in [0.1, 0.15) is 11.6 Å². The molecule has 0 saturated carbocycles. The molecule has 0 atom stereocenters. The number of anilines is 1. The van der Waals surface area contributed by atoms with E-state index >= 15 is 0 Å². The average Bonchev–Trinajstić information content (AvgIpc) is 2.82. The molecule has 1 N–H and O–H groups in total. The second kappa shape index (κ2) is 5.28. The van der Waals surface area contributed by atoms with Gasteiger partial charge in [0, 0.05) is 17.4 Å². The Morgan fingerprint density at radius 2 is 2.21 bits per heavy atom. The maximum atomic E-state index is 13.7. The van der Waals surface area contributed by atoms with Crippen LogP contribution in [-0.2, 0) is 19.5 Å². The number of nitrogens with one attached hydrogen (secondary N) is 1. The average molecular weight is 325 g/mol. The van der Waals surface area contributed by atoms with Gasteiger partial charge in [-0.25, -0.2) is 4.39 Å². The van der Waals surface area contributed by atoms with Gasteiger partial charge >= 0.3 is 0 Å². The Morgan fingerprint density at radius 3 is 3.05 bits per heavy atom. The van der Waals surface area contributed by atoms with E-state index in [2.05, 4.69) is 36.0 Å². The van der Waals surface area contributed by atoms with Gasteiger partial charge in [0.15, 0.2) is 5.82 Å². The number of hydrogen-bond acceptors (Lipinski definition) is 3. The molecular weight excluding hydrogens is 311 g/mol. The third kappa shape index (κ3) is 2.49. The van der Waals surface area contributed by atoms with Crippen molar-refractivity contribution in [3.8, 4) is 0 Å². The zero-order chi connectivity index (χ0) is 13.2. The molecule has 1 aromatic carbocycles. The van der Waals surface area contributed by atoms with E-state index in [4.69, 9.17) is 0 Å². The number of aromatic nitrogens is 3. The predicted octanol–water partition coefficient (Wildman–Crippen LogP) is 3.13. The number of nitrogens with zero attached hydrogens (tertiary/aromatic N) is 3. The van der Waals surface area contributed by atoms with Crippen LogP contribution in [0, 0.1) is 5.82 Å².